The Kier molecular flexibility index (Phi) is 8.16. The summed E-state index contributed by atoms with van der Waals surface area (Å²) in [6.07, 6.45) is 2.09. The van der Waals surface area contributed by atoms with Crippen molar-refractivity contribution in [1.82, 2.24) is 0 Å². The quantitative estimate of drug-likeness (QED) is 0.347. The van der Waals surface area contributed by atoms with Gasteiger partial charge in [-0.25, -0.2) is 4.79 Å². The van der Waals surface area contributed by atoms with Crippen molar-refractivity contribution in [3.05, 3.63) is 82.9 Å². The topological polar surface area (TPSA) is 72.8 Å². The lowest BCUT2D eigenvalue weighted by atomic mass is 10.0. The number of fused-ring (bicyclic) bond motifs is 2. The van der Waals surface area contributed by atoms with Gasteiger partial charge in [0.05, 0.1) is 11.4 Å². The second-order valence-corrected chi connectivity index (χ2v) is 10.2. The normalized spacial score (nSPS) is 15.5. The number of aliphatic carboxylic acids is 1. The van der Waals surface area contributed by atoms with Gasteiger partial charge in [-0.1, -0.05) is 54.9 Å². The van der Waals surface area contributed by atoms with Crippen molar-refractivity contribution in [2.45, 2.75) is 48.5 Å². The van der Waals surface area contributed by atoms with E-state index in [-0.39, 0.29) is 0 Å². The van der Waals surface area contributed by atoms with Gasteiger partial charge >= 0.3 is 5.97 Å². The molecular weight excluding hydrogens is 470 g/mol. The highest BCUT2D eigenvalue weighted by atomic mass is 35.5. The fraction of sp³-hybridized carbons (Fsp3) is 0.296. The monoisotopic (exact) mass is 497 g/mol. The largest absolute Gasteiger partial charge is 0.606 e. The highest BCUT2D eigenvalue weighted by molar-refractivity contribution is 7.92. The van der Waals surface area contributed by atoms with Crippen LogP contribution in [0.15, 0.2) is 76.5 Å². The summed E-state index contributed by atoms with van der Waals surface area (Å²) < 4.78 is 18.5. The third-order valence-electron chi connectivity index (χ3n) is 5.86. The first-order valence-electron chi connectivity index (χ1n) is 11.5. The first-order valence-corrected chi connectivity index (χ1v) is 13.0. The molecule has 0 saturated heterocycles. The Bertz CT molecular complexity index is 1140. The van der Waals surface area contributed by atoms with E-state index in [9.17, 15) is 14.5 Å². The molecule has 0 radical (unpaired) electrons. The molecule has 7 heteroatoms. The first-order chi connectivity index (χ1) is 16.5. The van der Waals surface area contributed by atoms with Gasteiger partial charge in [-0.2, -0.15) is 0 Å². The van der Waals surface area contributed by atoms with Crippen LogP contribution in [-0.2, 0) is 33.5 Å². The zero-order valence-electron chi connectivity index (χ0n) is 19.1. The number of aryl methyl sites for hydroxylation is 1. The van der Waals surface area contributed by atoms with Crippen LogP contribution in [0, 0.1) is 0 Å². The summed E-state index contributed by atoms with van der Waals surface area (Å²) in [6, 6.07) is 21.4. The van der Waals surface area contributed by atoms with E-state index >= 15 is 0 Å². The maximum atomic E-state index is 13.1. The zero-order chi connectivity index (χ0) is 24.1. The van der Waals surface area contributed by atoms with Crippen molar-refractivity contribution >= 4 is 40.1 Å². The summed E-state index contributed by atoms with van der Waals surface area (Å²) in [6.45, 7) is 3.16. The Hall–Kier alpha value is -2.51. The molecule has 178 valence electrons. The third-order valence-corrected chi connectivity index (χ3v) is 7.58. The van der Waals surface area contributed by atoms with Gasteiger partial charge in [-0.15, -0.1) is 0 Å². The molecule has 1 aliphatic heterocycles. The number of benzene rings is 3. The van der Waals surface area contributed by atoms with E-state index in [4.69, 9.17) is 16.3 Å². The number of rotatable bonds is 10. The van der Waals surface area contributed by atoms with Crippen LogP contribution < -0.4 is 4.90 Å². The van der Waals surface area contributed by atoms with Gasteiger partial charge in [0.1, 0.15) is 0 Å². The van der Waals surface area contributed by atoms with Gasteiger partial charge in [0.25, 0.3) is 0 Å². The number of para-hydroxylation sites is 1. The van der Waals surface area contributed by atoms with E-state index in [1.807, 2.05) is 55.5 Å². The molecule has 0 amide bonds. The average Bonchev–Trinajstić information content (AvgIpc) is 2.84. The van der Waals surface area contributed by atoms with E-state index in [1.54, 1.807) is 6.07 Å². The number of hydrogen-bond donors (Lipinski definition) is 1. The number of halogens is 1. The van der Waals surface area contributed by atoms with Crippen molar-refractivity contribution < 1.29 is 19.2 Å². The molecule has 1 heterocycles. The second-order valence-electron chi connectivity index (χ2n) is 8.32. The molecule has 2 unspecified atom stereocenters. The lowest BCUT2D eigenvalue weighted by molar-refractivity contribution is -0.150. The Labute approximate surface area is 208 Å². The fourth-order valence-electron chi connectivity index (χ4n) is 4.16. The van der Waals surface area contributed by atoms with Gasteiger partial charge in [-0.05, 0) is 60.7 Å². The van der Waals surface area contributed by atoms with Crippen molar-refractivity contribution in [2.75, 3.05) is 18.1 Å². The molecule has 5 nitrogen and oxygen atoms in total. The summed E-state index contributed by atoms with van der Waals surface area (Å²) in [5, 5.41) is 10.00. The summed E-state index contributed by atoms with van der Waals surface area (Å²) in [7, 11) is 0. The molecular formula is C27H28ClNO4S. The lowest BCUT2D eigenvalue weighted by Crippen LogP contribution is -2.27. The second kappa shape index (κ2) is 11.3. The van der Waals surface area contributed by atoms with Crippen LogP contribution in [0.2, 0.25) is 5.02 Å². The molecule has 3 aromatic carbocycles. The molecule has 0 spiro atoms. The van der Waals surface area contributed by atoms with Crippen LogP contribution >= 0.6 is 11.6 Å². The highest BCUT2D eigenvalue weighted by Crippen LogP contribution is 2.44. The molecule has 0 aliphatic carbocycles. The van der Waals surface area contributed by atoms with Crippen molar-refractivity contribution in [2.24, 2.45) is 0 Å². The maximum Gasteiger partial charge on any atom is 0.333 e. The molecule has 0 fully saturated rings. The summed E-state index contributed by atoms with van der Waals surface area (Å²) in [5.41, 5.74) is 3.98. The van der Waals surface area contributed by atoms with E-state index in [2.05, 4.69) is 17.0 Å². The number of hydrogen-bond acceptors (Lipinski definition) is 4. The van der Waals surface area contributed by atoms with Gasteiger partial charge in [-0.3, -0.25) is 0 Å². The maximum absolute atomic E-state index is 13.1. The van der Waals surface area contributed by atoms with Crippen molar-refractivity contribution in [1.29, 1.82) is 0 Å². The minimum absolute atomic E-state index is 0.356. The van der Waals surface area contributed by atoms with Gasteiger partial charge in [0.2, 0.25) is 0 Å². The van der Waals surface area contributed by atoms with Crippen LogP contribution in [-0.4, -0.2) is 34.9 Å². The van der Waals surface area contributed by atoms with E-state index in [0.717, 1.165) is 52.5 Å². The number of anilines is 2. The molecule has 1 aliphatic rings. The number of carboxylic acids is 1. The molecule has 2 atom stereocenters. The SMILES string of the molecule is CCCOC(Cc1ccc(CCCN2c3ccccc3[S+]([O-])c3ccc(Cl)cc32)cc1)C(=O)O. The Morgan fingerprint density at radius 2 is 1.76 bits per heavy atom. The van der Waals surface area contributed by atoms with E-state index in [1.165, 1.54) is 5.56 Å². The summed E-state index contributed by atoms with van der Waals surface area (Å²) in [5.74, 6) is -0.930. The standard InChI is InChI=1S/C27H28ClNO4S/c1-2-16-33-24(27(30)31)17-20-11-9-19(10-12-20)6-5-15-29-22-7-3-4-8-25(22)34(32)26-14-13-21(28)18-23(26)29/h3-4,7-14,18,24H,2,5-6,15-17H2,1H3,(H,30,31). The van der Waals surface area contributed by atoms with Gasteiger partial charge in [0.15, 0.2) is 15.9 Å². The number of carboxylic acid groups (broad SMARTS) is 1. The number of carbonyl (C=O) groups is 1. The van der Waals surface area contributed by atoms with Crippen LogP contribution in [0.25, 0.3) is 0 Å². The van der Waals surface area contributed by atoms with Crippen LogP contribution in [0.4, 0.5) is 11.4 Å². The molecule has 4 rings (SSSR count). The highest BCUT2D eigenvalue weighted by Gasteiger charge is 2.33. The summed E-state index contributed by atoms with van der Waals surface area (Å²) >= 11 is 5.05. The predicted molar refractivity (Wildman–Crippen MR) is 136 cm³/mol. The van der Waals surface area contributed by atoms with Crippen LogP contribution in [0.5, 0.6) is 0 Å². The van der Waals surface area contributed by atoms with E-state index in [0.29, 0.717) is 18.1 Å². The third kappa shape index (κ3) is 5.58. The van der Waals surface area contributed by atoms with Gasteiger partial charge < -0.3 is 19.3 Å². The Morgan fingerprint density at radius 1 is 1.06 bits per heavy atom. The molecule has 3 aromatic rings. The number of nitrogens with zero attached hydrogens (tertiary/aromatic N) is 1. The van der Waals surface area contributed by atoms with Gasteiger partial charge in [0, 0.05) is 35.8 Å². The van der Waals surface area contributed by atoms with Crippen LogP contribution in [0.3, 0.4) is 0 Å². The van der Waals surface area contributed by atoms with Crippen molar-refractivity contribution in [3.63, 3.8) is 0 Å². The predicted octanol–water partition coefficient (Wildman–Crippen LogP) is 6.01. The molecule has 0 aromatic heterocycles. The summed E-state index contributed by atoms with van der Waals surface area (Å²) in [4.78, 5) is 15.2. The van der Waals surface area contributed by atoms with E-state index < -0.39 is 23.2 Å². The lowest BCUT2D eigenvalue weighted by Gasteiger charge is -2.33. The van der Waals surface area contributed by atoms with Crippen molar-refractivity contribution in [3.8, 4) is 0 Å². The molecule has 34 heavy (non-hydrogen) atoms. The zero-order valence-corrected chi connectivity index (χ0v) is 20.6. The first kappa shape index (κ1) is 24.6. The fourth-order valence-corrected chi connectivity index (χ4v) is 5.68. The molecule has 0 saturated carbocycles. The Morgan fingerprint density at radius 3 is 2.50 bits per heavy atom. The smallest absolute Gasteiger partial charge is 0.333 e. The van der Waals surface area contributed by atoms with Crippen LogP contribution in [0.1, 0.15) is 30.9 Å². The molecule has 1 N–H and O–H groups in total. The number of ether oxygens (including phenoxy) is 1. The minimum Gasteiger partial charge on any atom is -0.606 e. The molecule has 0 bridgehead atoms. The average molecular weight is 498 g/mol. The Balaban J connectivity index is 1.42. The minimum atomic E-state index is -1.23.